The number of amides is 1. The van der Waals surface area contributed by atoms with Crippen molar-refractivity contribution in [3.8, 4) is 0 Å². The Morgan fingerprint density at radius 1 is 1.05 bits per heavy atom. The van der Waals surface area contributed by atoms with Crippen molar-refractivity contribution in [3.05, 3.63) is 64.7 Å². The van der Waals surface area contributed by atoms with Crippen LogP contribution in [0.15, 0.2) is 42.5 Å². The molecule has 5 nitrogen and oxygen atoms in total. The van der Waals surface area contributed by atoms with E-state index in [2.05, 4.69) is 40.7 Å². The number of carbonyl (C=O) groups excluding carboxylic acids is 1. The van der Waals surface area contributed by atoms with Crippen LogP contribution in [0.5, 0.6) is 0 Å². The van der Waals surface area contributed by atoms with Crippen LogP contribution in [-0.4, -0.2) is 57.0 Å². The minimum Gasteiger partial charge on any atom is -0.342 e. The lowest BCUT2D eigenvalue weighted by Gasteiger charge is -2.46. The molecule has 0 aliphatic carbocycles. The van der Waals surface area contributed by atoms with Crippen LogP contribution in [0.25, 0.3) is 11.0 Å². The molecule has 1 amide bonds. The number of rotatable bonds is 5. The highest BCUT2D eigenvalue weighted by Gasteiger charge is 2.44. The molecular formula is C33H42ClFN4O. The first-order chi connectivity index (χ1) is 19.1. The monoisotopic (exact) mass is 564 g/mol. The molecule has 3 saturated heterocycles. The van der Waals surface area contributed by atoms with Gasteiger partial charge in [-0.2, -0.15) is 0 Å². The second kappa shape index (κ2) is 10.4. The quantitative estimate of drug-likeness (QED) is 0.326. The van der Waals surface area contributed by atoms with Gasteiger partial charge in [-0.3, -0.25) is 9.69 Å². The molecule has 4 heterocycles. The maximum absolute atomic E-state index is 14.2. The molecule has 1 unspecified atom stereocenters. The first kappa shape index (κ1) is 27.7. The summed E-state index contributed by atoms with van der Waals surface area (Å²) in [5.41, 5.74) is 2.96. The molecule has 0 saturated carbocycles. The number of para-hydroxylation sites is 2. The number of nitrogens with zero attached hydrogens (tertiary/aromatic N) is 4. The van der Waals surface area contributed by atoms with E-state index in [9.17, 15) is 9.18 Å². The maximum atomic E-state index is 14.2. The van der Waals surface area contributed by atoms with Gasteiger partial charge >= 0.3 is 0 Å². The van der Waals surface area contributed by atoms with Gasteiger partial charge in [-0.25, -0.2) is 9.37 Å². The van der Waals surface area contributed by atoms with Gasteiger partial charge in [0.15, 0.2) is 0 Å². The molecule has 7 heteroatoms. The normalized spacial score (nSPS) is 25.1. The number of carbonyl (C=O) groups is 1. The van der Waals surface area contributed by atoms with Crippen LogP contribution in [-0.2, 0) is 10.2 Å². The van der Waals surface area contributed by atoms with Gasteiger partial charge in [0.1, 0.15) is 11.6 Å². The highest BCUT2D eigenvalue weighted by Crippen LogP contribution is 2.45. The van der Waals surface area contributed by atoms with E-state index in [0.717, 1.165) is 68.6 Å². The summed E-state index contributed by atoms with van der Waals surface area (Å²) in [5.74, 6) is 0.951. The Morgan fingerprint density at radius 2 is 1.73 bits per heavy atom. The molecule has 0 N–H and O–H groups in total. The van der Waals surface area contributed by atoms with Crippen LogP contribution < -0.4 is 0 Å². The SMILES string of the molecule is Cc1nc2ccccc2n1C1C[C@H]2CC[C@@H](C1)N2CCC1(c2ccc(F)c(Cl)c2)CCN(C(=O)C(C)(C)C)CC1. The summed E-state index contributed by atoms with van der Waals surface area (Å²) in [4.78, 5) is 22.7. The Bertz CT molecular complexity index is 1390. The molecule has 2 bridgehead atoms. The molecule has 2 aromatic carbocycles. The molecule has 6 rings (SSSR count). The fourth-order valence-electron chi connectivity index (χ4n) is 7.91. The van der Waals surface area contributed by atoms with Gasteiger partial charge in [0, 0.05) is 36.6 Å². The van der Waals surface area contributed by atoms with Gasteiger partial charge in [-0.15, -0.1) is 0 Å². The number of aryl methyl sites for hydroxylation is 1. The van der Waals surface area contributed by atoms with Crippen molar-refractivity contribution in [1.29, 1.82) is 0 Å². The number of aromatic nitrogens is 2. The Kier molecular flexibility index (Phi) is 7.23. The van der Waals surface area contributed by atoms with Crippen molar-refractivity contribution < 1.29 is 9.18 Å². The number of likely N-dealkylation sites (tertiary alicyclic amines) is 1. The van der Waals surface area contributed by atoms with Crippen LogP contribution in [0.3, 0.4) is 0 Å². The van der Waals surface area contributed by atoms with Gasteiger partial charge in [-0.05, 0) is 93.7 Å². The number of hydrogen-bond acceptors (Lipinski definition) is 3. The van der Waals surface area contributed by atoms with Crippen LogP contribution >= 0.6 is 11.6 Å². The van der Waals surface area contributed by atoms with Gasteiger partial charge in [0.25, 0.3) is 0 Å². The molecule has 3 aliphatic rings. The fraction of sp³-hybridized carbons (Fsp3) is 0.576. The van der Waals surface area contributed by atoms with Crippen LogP contribution in [0, 0.1) is 18.2 Å². The number of imidazole rings is 1. The van der Waals surface area contributed by atoms with E-state index in [-0.39, 0.29) is 27.6 Å². The Morgan fingerprint density at radius 3 is 2.38 bits per heavy atom. The molecule has 3 fully saturated rings. The molecular weight excluding hydrogens is 523 g/mol. The smallest absolute Gasteiger partial charge is 0.227 e. The molecule has 3 aromatic rings. The average molecular weight is 565 g/mol. The molecule has 40 heavy (non-hydrogen) atoms. The summed E-state index contributed by atoms with van der Waals surface area (Å²) in [5, 5.41) is 0.189. The summed E-state index contributed by atoms with van der Waals surface area (Å²) < 4.78 is 16.6. The standard InChI is InChI=1S/C33H42ClFN4O/c1-22-36-29-7-5-6-8-30(29)39(22)26-20-24-10-11-25(21-26)38(24)18-15-33(23-9-12-28(35)27(34)19-23)13-16-37(17-14-33)31(40)32(2,3)4/h5-9,12,19,24-26H,10-11,13-18,20-21H2,1-4H3/t24-,25+,26?. The number of halogens is 2. The van der Waals surface area contributed by atoms with Gasteiger partial charge < -0.3 is 9.47 Å². The Labute approximate surface area is 242 Å². The second-order valence-electron chi connectivity index (χ2n) is 13.5. The largest absolute Gasteiger partial charge is 0.342 e. The molecule has 0 spiro atoms. The minimum absolute atomic E-state index is 0.112. The zero-order chi connectivity index (χ0) is 28.2. The lowest BCUT2D eigenvalue weighted by atomic mass is 9.70. The second-order valence-corrected chi connectivity index (χ2v) is 13.9. The Balaban J connectivity index is 1.20. The summed E-state index contributed by atoms with van der Waals surface area (Å²) in [6.45, 7) is 10.6. The van der Waals surface area contributed by atoms with Gasteiger partial charge in [0.05, 0.1) is 16.1 Å². The van der Waals surface area contributed by atoms with Crippen molar-refractivity contribution >= 4 is 28.5 Å². The summed E-state index contributed by atoms with van der Waals surface area (Å²) >= 11 is 6.30. The van der Waals surface area contributed by atoms with Crippen molar-refractivity contribution in [2.75, 3.05) is 19.6 Å². The predicted molar refractivity (Wildman–Crippen MR) is 159 cm³/mol. The topological polar surface area (TPSA) is 41.4 Å². The number of benzene rings is 2. The van der Waals surface area contributed by atoms with E-state index in [4.69, 9.17) is 16.6 Å². The van der Waals surface area contributed by atoms with Crippen LogP contribution in [0.2, 0.25) is 5.02 Å². The van der Waals surface area contributed by atoms with Crippen molar-refractivity contribution in [1.82, 2.24) is 19.4 Å². The van der Waals surface area contributed by atoms with E-state index in [0.29, 0.717) is 18.1 Å². The zero-order valence-corrected chi connectivity index (χ0v) is 25.1. The van der Waals surface area contributed by atoms with Gasteiger partial charge in [0.2, 0.25) is 5.91 Å². The lowest BCUT2D eigenvalue weighted by molar-refractivity contribution is -0.141. The number of fused-ring (bicyclic) bond motifs is 3. The van der Waals surface area contributed by atoms with E-state index >= 15 is 0 Å². The zero-order valence-electron chi connectivity index (χ0n) is 24.3. The van der Waals surface area contributed by atoms with Gasteiger partial charge in [-0.1, -0.05) is 50.6 Å². The lowest BCUT2D eigenvalue weighted by Crippen LogP contribution is -2.50. The predicted octanol–water partition coefficient (Wildman–Crippen LogP) is 7.30. The first-order valence-corrected chi connectivity index (χ1v) is 15.4. The summed E-state index contributed by atoms with van der Waals surface area (Å²) in [6.07, 6.45) is 7.55. The van der Waals surface area contributed by atoms with Crippen molar-refractivity contribution in [3.63, 3.8) is 0 Å². The average Bonchev–Trinajstić information content (AvgIpc) is 3.38. The third-order valence-corrected chi connectivity index (χ3v) is 10.3. The molecule has 0 radical (unpaired) electrons. The summed E-state index contributed by atoms with van der Waals surface area (Å²) in [7, 11) is 0. The van der Waals surface area contributed by atoms with E-state index in [1.54, 1.807) is 0 Å². The van der Waals surface area contributed by atoms with E-state index in [1.807, 2.05) is 37.8 Å². The third kappa shape index (κ3) is 4.96. The molecule has 214 valence electrons. The summed E-state index contributed by atoms with van der Waals surface area (Å²) in [6, 6.07) is 15.4. The highest BCUT2D eigenvalue weighted by molar-refractivity contribution is 6.30. The number of piperidine rings is 2. The van der Waals surface area contributed by atoms with Crippen molar-refractivity contribution in [2.24, 2.45) is 5.41 Å². The van der Waals surface area contributed by atoms with Crippen LogP contribution in [0.4, 0.5) is 4.39 Å². The molecule has 3 atom stereocenters. The maximum Gasteiger partial charge on any atom is 0.227 e. The molecule has 3 aliphatic heterocycles. The highest BCUT2D eigenvalue weighted by atomic mass is 35.5. The Hall–Kier alpha value is -2.44. The first-order valence-electron chi connectivity index (χ1n) is 15.0. The fourth-order valence-corrected chi connectivity index (χ4v) is 8.09. The third-order valence-electron chi connectivity index (χ3n) is 10.0. The molecule has 1 aromatic heterocycles. The van der Waals surface area contributed by atoms with E-state index in [1.165, 1.54) is 24.4 Å². The van der Waals surface area contributed by atoms with Crippen LogP contribution in [0.1, 0.15) is 83.1 Å². The van der Waals surface area contributed by atoms with Crippen molar-refractivity contribution in [2.45, 2.75) is 96.2 Å². The minimum atomic E-state index is -0.387. The van der Waals surface area contributed by atoms with E-state index < -0.39 is 0 Å². The number of hydrogen-bond donors (Lipinski definition) is 0.